The van der Waals surface area contributed by atoms with Gasteiger partial charge in [0, 0.05) is 0 Å². The number of allylic oxidation sites excluding steroid dienone is 22. The summed E-state index contributed by atoms with van der Waals surface area (Å²) in [7, 11) is 0. The van der Waals surface area contributed by atoms with Crippen LogP contribution in [0.5, 0.6) is 0 Å². The van der Waals surface area contributed by atoms with E-state index < -0.39 is 0 Å². The summed E-state index contributed by atoms with van der Waals surface area (Å²) in [5.41, 5.74) is 7.98. The molecule has 0 saturated carbocycles. The minimum absolute atomic E-state index is 0.992. The van der Waals surface area contributed by atoms with Crippen LogP contribution >= 0.6 is 0 Å². The average Bonchev–Trinajstić information content (AvgIpc) is 3.18. The molecule has 0 N–H and O–H groups in total. The highest BCUT2D eigenvalue weighted by Gasteiger charge is 2.20. The van der Waals surface area contributed by atoms with Gasteiger partial charge in [0.2, 0.25) is 0 Å². The second-order valence-electron chi connectivity index (χ2n) is 7.40. The predicted octanol–water partition coefficient (Wildman–Crippen LogP) is 7.72. The van der Waals surface area contributed by atoms with Crippen molar-refractivity contribution in [1.82, 2.24) is 0 Å². The minimum Gasteiger partial charge on any atom is -0.0836 e. The van der Waals surface area contributed by atoms with Gasteiger partial charge in [-0.05, 0) is 72.0 Å². The number of hydrogen-bond acceptors (Lipinski definition) is 0. The molecule has 4 rings (SSSR count). The molecule has 0 saturated heterocycles. The van der Waals surface area contributed by atoms with Crippen molar-refractivity contribution in [3.05, 3.63) is 131 Å². The Morgan fingerprint density at radius 2 is 0.929 bits per heavy atom. The molecule has 0 heterocycles. The Labute approximate surface area is 169 Å². The van der Waals surface area contributed by atoms with Crippen molar-refractivity contribution in [2.24, 2.45) is 0 Å². The van der Waals surface area contributed by atoms with E-state index in [0.29, 0.717) is 0 Å². The molecule has 140 valence electrons. The summed E-state index contributed by atoms with van der Waals surface area (Å²) in [5.74, 6) is 0. The van der Waals surface area contributed by atoms with Crippen LogP contribution in [0.4, 0.5) is 0 Å². The van der Waals surface area contributed by atoms with Crippen LogP contribution < -0.4 is 0 Å². The lowest BCUT2D eigenvalue weighted by Crippen LogP contribution is -2.04. The average molecular weight is 365 g/mol. The summed E-state index contributed by atoms with van der Waals surface area (Å²) in [6.45, 7) is 0. The summed E-state index contributed by atoms with van der Waals surface area (Å²) in [5, 5.41) is 0. The Balaban J connectivity index is 1.99. The Hall–Kier alpha value is -2.86. The predicted molar refractivity (Wildman–Crippen MR) is 122 cm³/mol. The third-order valence-electron chi connectivity index (χ3n) is 5.36. The van der Waals surface area contributed by atoms with E-state index in [1.165, 1.54) is 33.4 Å². The van der Waals surface area contributed by atoms with Crippen LogP contribution in [-0.4, -0.2) is 0 Å². The molecule has 0 nitrogen and oxygen atoms in total. The molecule has 0 atom stereocenters. The zero-order valence-corrected chi connectivity index (χ0v) is 16.5. The fourth-order valence-corrected chi connectivity index (χ4v) is 4.00. The van der Waals surface area contributed by atoms with Crippen LogP contribution in [0.25, 0.3) is 0 Å². The second kappa shape index (κ2) is 9.37. The van der Waals surface area contributed by atoms with E-state index in [0.717, 1.165) is 38.5 Å². The SMILES string of the molecule is C1=CCC=CC(/C(C2=CCCC=C2)=C(\C2=CC=CCC=C2)C2=CCCC=C2)=C1. The maximum absolute atomic E-state index is 2.41. The molecule has 4 aliphatic rings. The quantitative estimate of drug-likeness (QED) is 0.479. The monoisotopic (exact) mass is 364 g/mol. The first kappa shape index (κ1) is 18.5. The molecular formula is C28H28. The third kappa shape index (κ3) is 4.34. The third-order valence-corrected chi connectivity index (χ3v) is 5.36. The van der Waals surface area contributed by atoms with Crippen molar-refractivity contribution in [3.8, 4) is 0 Å². The molecular weight excluding hydrogens is 336 g/mol. The van der Waals surface area contributed by atoms with Gasteiger partial charge in [0.05, 0.1) is 0 Å². The lowest BCUT2D eigenvalue weighted by molar-refractivity contribution is 1.01. The largest absolute Gasteiger partial charge is 0.0836 e. The highest BCUT2D eigenvalue weighted by molar-refractivity contribution is 5.71. The van der Waals surface area contributed by atoms with E-state index in [1.54, 1.807) is 0 Å². The molecule has 0 amide bonds. The molecule has 0 fully saturated rings. The summed E-state index contributed by atoms with van der Waals surface area (Å²) in [6, 6.07) is 0. The van der Waals surface area contributed by atoms with E-state index in [-0.39, 0.29) is 0 Å². The van der Waals surface area contributed by atoms with Gasteiger partial charge >= 0.3 is 0 Å². The highest BCUT2D eigenvalue weighted by atomic mass is 14.2. The summed E-state index contributed by atoms with van der Waals surface area (Å²) in [4.78, 5) is 0. The molecule has 28 heavy (non-hydrogen) atoms. The molecule has 0 spiro atoms. The van der Waals surface area contributed by atoms with Gasteiger partial charge in [0.15, 0.2) is 0 Å². The van der Waals surface area contributed by atoms with E-state index in [9.17, 15) is 0 Å². The summed E-state index contributed by atoms with van der Waals surface area (Å²) in [6.07, 6.45) is 43.0. The first-order valence-corrected chi connectivity index (χ1v) is 10.5. The Bertz CT molecular complexity index is 862. The van der Waals surface area contributed by atoms with Crippen molar-refractivity contribution >= 4 is 0 Å². The van der Waals surface area contributed by atoms with E-state index in [2.05, 4.69) is 97.2 Å². The van der Waals surface area contributed by atoms with Gasteiger partial charge in [0.25, 0.3) is 0 Å². The Morgan fingerprint density at radius 3 is 1.36 bits per heavy atom. The normalized spacial score (nSPS) is 22.0. The van der Waals surface area contributed by atoms with Crippen LogP contribution in [0.2, 0.25) is 0 Å². The molecule has 0 aromatic carbocycles. The Kier molecular flexibility index (Phi) is 6.19. The van der Waals surface area contributed by atoms with Crippen molar-refractivity contribution in [3.63, 3.8) is 0 Å². The lowest BCUT2D eigenvalue weighted by Gasteiger charge is -2.22. The molecule has 0 radical (unpaired) electrons. The molecule has 0 aromatic rings. The van der Waals surface area contributed by atoms with Crippen LogP contribution in [0.1, 0.15) is 38.5 Å². The van der Waals surface area contributed by atoms with Gasteiger partial charge in [-0.2, -0.15) is 0 Å². The topological polar surface area (TPSA) is 0 Å². The van der Waals surface area contributed by atoms with Gasteiger partial charge in [-0.1, -0.05) is 97.2 Å². The van der Waals surface area contributed by atoms with Gasteiger partial charge < -0.3 is 0 Å². The molecule has 0 aliphatic heterocycles. The van der Waals surface area contributed by atoms with Crippen molar-refractivity contribution in [2.45, 2.75) is 38.5 Å². The van der Waals surface area contributed by atoms with Crippen molar-refractivity contribution in [1.29, 1.82) is 0 Å². The zero-order chi connectivity index (χ0) is 19.0. The molecule has 0 unspecified atom stereocenters. The fourth-order valence-electron chi connectivity index (χ4n) is 4.00. The summed E-state index contributed by atoms with van der Waals surface area (Å²) >= 11 is 0. The van der Waals surface area contributed by atoms with Crippen LogP contribution in [0.3, 0.4) is 0 Å². The maximum atomic E-state index is 2.41. The number of hydrogen-bond donors (Lipinski definition) is 0. The van der Waals surface area contributed by atoms with Crippen LogP contribution in [0.15, 0.2) is 131 Å². The molecule has 0 bridgehead atoms. The standard InChI is InChI=1S/C28H28/c1-2-8-16-23(15-7-1)27(25-19-11-5-12-20-25)28(26-21-13-6-14-22-26)24-17-9-3-4-10-18-24/h1,3,7-11,13,15-22H,2,4-6,12,14H2/b28-27-. The minimum atomic E-state index is 0.992. The maximum Gasteiger partial charge on any atom is -0.00304 e. The molecule has 0 aromatic heterocycles. The number of rotatable bonds is 4. The first-order chi connectivity index (χ1) is 13.9. The first-order valence-electron chi connectivity index (χ1n) is 10.5. The van der Waals surface area contributed by atoms with Gasteiger partial charge in [0.1, 0.15) is 0 Å². The van der Waals surface area contributed by atoms with Gasteiger partial charge in [-0.15, -0.1) is 0 Å². The highest BCUT2D eigenvalue weighted by Crippen LogP contribution is 2.38. The van der Waals surface area contributed by atoms with E-state index in [1.807, 2.05) is 0 Å². The second-order valence-corrected chi connectivity index (χ2v) is 7.40. The summed E-state index contributed by atoms with van der Waals surface area (Å²) < 4.78 is 0. The zero-order valence-electron chi connectivity index (χ0n) is 16.5. The van der Waals surface area contributed by atoms with Crippen molar-refractivity contribution in [2.75, 3.05) is 0 Å². The van der Waals surface area contributed by atoms with Gasteiger partial charge in [-0.3, -0.25) is 0 Å². The van der Waals surface area contributed by atoms with E-state index in [4.69, 9.17) is 0 Å². The fraction of sp³-hybridized carbons (Fsp3) is 0.214. The van der Waals surface area contributed by atoms with Crippen molar-refractivity contribution < 1.29 is 0 Å². The smallest absolute Gasteiger partial charge is 0.00304 e. The molecule has 4 aliphatic carbocycles. The van der Waals surface area contributed by atoms with Gasteiger partial charge in [-0.25, -0.2) is 0 Å². The van der Waals surface area contributed by atoms with Crippen LogP contribution in [-0.2, 0) is 0 Å². The van der Waals surface area contributed by atoms with Crippen LogP contribution in [0, 0.1) is 0 Å². The van der Waals surface area contributed by atoms with E-state index >= 15 is 0 Å². The molecule has 0 heteroatoms. The Morgan fingerprint density at radius 1 is 0.464 bits per heavy atom. The lowest BCUT2D eigenvalue weighted by atomic mass is 9.81.